The zero-order valence-corrected chi connectivity index (χ0v) is 21.4. The van der Waals surface area contributed by atoms with Gasteiger partial charge in [-0.3, -0.25) is 9.59 Å². The molecule has 0 spiro atoms. The zero-order valence-electron chi connectivity index (χ0n) is 21.4. The van der Waals surface area contributed by atoms with Gasteiger partial charge in [0.2, 0.25) is 5.91 Å². The second-order valence-electron chi connectivity index (χ2n) is 9.61. The number of anilines is 2. The van der Waals surface area contributed by atoms with Gasteiger partial charge in [0.15, 0.2) is 11.6 Å². The number of nitrogens with zero attached hydrogens (tertiary/aromatic N) is 2. The summed E-state index contributed by atoms with van der Waals surface area (Å²) in [6.07, 6.45) is 4.81. The van der Waals surface area contributed by atoms with Crippen molar-refractivity contribution in [3.63, 3.8) is 0 Å². The molecule has 1 fully saturated rings. The van der Waals surface area contributed by atoms with Gasteiger partial charge in [0.1, 0.15) is 23.2 Å². The minimum atomic E-state index is -0.636. The van der Waals surface area contributed by atoms with Crippen molar-refractivity contribution in [2.24, 2.45) is 11.7 Å². The molecule has 1 saturated carbocycles. The van der Waals surface area contributed by atoms with E-state index in [1.807, 2.05) is 0 Å². The van der Waals surface area contributed by atoms with E-state index < -0.39 is 11.7 Å². The lowest BCUT2D eigenvalue weighted by Gasteiger charge is -2.27. The lowest BCUT2D eigenvalue weighted by atomic mass is 9.84. The topological polar surface area (TPSA) is 154 Å². The van der Waals surface area contributed by atoms with Crippen LogP contribution in [0.2, 0.25) is 0 Å². The van der Waals surface area contributed by atoms with E-state index >= 15 is 0 Å². The van der Waals surface area contributed by atoms with Crippen LogP contribution in [-0.4, -0.2) is 27.9 Å². The van der Waals surface area contributed by atoms with Crippen molar-refractivity contribution in [2.45, 2.75) is 31.7 Å². The third-order valence-electron chi connectivity index (χ3n) is 6.94. The van der Waals surface area contributed by atoms with E-state index in [0.717, 1.165) is 31.7 Å². The molecule has 40 heavy (non-hydrogen) atoms. The van der Waals surface area contributed by atoms with Gasteiger partial charge in [0.25, 0.3) is 5.91 Å². The number of hydrogen-bond acceptors (Lipinski definition) is 7. The lowest BCUT2D eigenvalue weighted by molar-refractivity contribution is -0.121. The molecule has 5 N–H and O–H groups in total. The average molecular weight is 540 g/mol. The maximum absolute atomic E-state index is 13.7. The summed E-state index contributed by atoms with van der Waals surface area (Å²) in [4.78, 5) is 30.2. The number of hydrogen-bond donors (Lipinski definition) is 4. The minimum Gasteiger partial charge on any atom is -0.507 e. The van der Waals surface area contributed by atoms with Crippen LogP contribution < -0.4 is 16.4 Å². The molecular weight excluding hydrogens is 513 g/mol. The number of carbonyl (C=O) groups is 2. The third-order valence-corrected chi connectivity index (χ3v) is 6.94. The number of halogens is 1. The van der Waals surface area contributed by atoms with Crippen molar-refractivity contribution >= 4 is 23.3 Å². The Bertz CT molecular complexity index is 1610. The van der Waals surface area contributed by atoms with Crippen LogP contribution in [0.3, 0.4) is 0 Å². The first-order valence-electron chi connectivity index (χ1n) is 12.8. The molecule has 0 unspecified atom stereocenters. The number of carbonyl (C=O) groups excluding carboxylic acids is 2. The zero-order chi connectivity index (χ0) is 28.2. The summed E-state index contributed by atoms with van der Waals surface area (Å²) in [5, 5.41) is 26.1. The molecule has 4 aromatic rings. The summed E-state index contributed by atoms with van der Waals surface area (Å²) in [5.74, 6) is -2.16. The Morgan fingerprint density at radius 2 is 1.88 bits per heavy atom. The van der Waals surface area contributed by atoms with Gasteiger partial charge in [-0.25, -0.2) is 9.37 Å². The Balaban J connectivity index is 1.57. The van der Waals surface area contributed by atoms with Crippen LogP contribution in [0.25, 0.3) is 22.4 Å². The highest BCUT2D eigenvalue weighted by Gasteiger charge is 2.28. The molecule has 2 aromatic heterocycles. The molecule has 0 radical (unpaired) electrons. The fourth-order valence-electron chi connectivity index (χ4n) is 4.90. The van der Waals surface area contributed by atoms with Crippen molar-refractivity contribution in [3.8, 4) is 34.2 Å². The second kappa shape index (κ2) is 11.4. The van der Waals surface area contributed by atoms with Crippen molar-refractivity contribution in [3.05, 3.63) is 84.1 Å². The van der Waals surface area contributed by atoms with Crippen molar-refractivity contribution in [2.75, 3.05) is 10.6 Å². The molecule has 2 heterocycles. The van der Waals surface area contributed by atoms with Crippen molar-refractivity contribution < 1.29 is 23.5 Å². The Kier molecular flexibility index (Phi) is 7.57. The van der Waals surface area contributed by atoms with Crippen LogP contribution in [-0.2, 0) is 4.79 Å². The number of benzene rings is 2. The van der Waals surface area contributed by atoms with Gasteiger partial charge in [-0.1, -0.05) is 25.0 Å². The fourth-order valence-corrected chi connectivity index (χ4v) is 4.90. The standard InChI is InChI=1S/C30H26FN5O4/c31-18-10-11-21(26(37)14-18)25-15-22(23(16-32)28(35-25)36-30(39)27-9-4-12-40-27)17-5-3-6-19(13-17)34-29(38)20-7-1-2-8-24(20)33/h3-6,9-15,20,24,37H,1-2,7-8,33H2,(H,34,38)(H,35,36,39)/t20-,24+/m1/s1. The Labute approximate surface area is 229 Å². The van der Waals surface area contributed by atoms with E-state index in [2.05, 4.69) is 21.7 Å². The maximum Gasteiger partial charge on any atom is 0.292 e. The first-order valence-corrected chi connectivity index (χ1v) is 12.8. The van der Waals surface area contributed by atoms with E-state index in [9.17, 15) is 24.3 Å². The molecule has 10 heteroatoms. The fraction of sp³-hybridized carbons (Fsp3) is 0.200. The van der Waals surface area contributed by atoms with Crippen LogP contribution in [0.1, 0.15) is 41.8 Å². The molecule has 0 saturated heterocycles. The number of nitrogens with two attached hydrogens (primary N) is 1. The quantitative estimate of drug-likeness (QED) is 0.255. The van der Waals surface area contributed by atoms with Gasteiger partial charge in [-0.05, 0) is 60.9 Å². The summed E-state index contributed by atoms with van der Waals surface area (Å²) < 4.78 is 18.9. The molecule has 1 aliphatic carbocycles. The number of nitrogens with one attached hydrogen (secondary N) is 2. The average Bonchev–Trinajstić information content (AvgIpc) is 3.48. The molecular formula is C30H26FN5O4. The summed E-state index contributed by atoms with van der Waals surface area (Å²) in [5.41, 5.74) is 8.03. The molecule has 2 amide bonds. The van der Waals surface area contributed by atoms with Gasteiger partial charge < -0.3 is 25.9 Å². The Hall–Kier alpha value is -5.01. The van der Waals surface area contributed by atoms with Crippen LogP contribution in [0.15, 0.2) is 71.3 Å². The summed E-state index contributed by atoms with van der Waals surface area (Å²) >= 11 is 0. The normalized spacial score (nSPS) is 16.6. The Morgan fingerprint density at radius 3 is 2.60 bits per heavy atom. The molecule has 0 aliphatic heterocycles. The highest BCUT2D eigenvalue weighted by atomic mass is 19.1. The highest BCUT2D eigenvalue weighted by molar-refractivity contribution is 6.03. The summed E-state index contributed by atoms with van der Waals surface area (Å²) in [7, 11) is 0. The maximum atomic E-state index is 13.7. The van der Waals surface area contributed by atoms with Crippen LogP contribution in [0, 0.1) is 23.1 Å². The highest BCUT2D eigenvalue weighted by Crippen LogP contribution is 2.37. The lowest BCUT2D eigenvalue weighted by Crippen LogP contribution is -2.40. The van der Waals surface area contributed by atoms with Gasteiger partial charge >= 0.3 is 0 Å². The number of nitriles is 1. The molecule has 2 aromatic carbocycles. The van der Waals surface area contributed by atoms with Crippen LogP contribution in [0.5, 0.6) is 5.75 Å². The number of aromatic hydroxyl groups is 1. The minimum absolute atomic E-state index is 0.00732. The van der Waals surface area contributed by atoms with E-state index in [0.29, 0.717) is 16.8 Å². The number of phenols is 1. The number of furan rings is 1. The molecule has 9 nitrogen and oxygen atoms in total. The molecule has 2 atom stereocenters. The van der Waals surface area contributed by atoms with E-state index in [-0.39, 0.29) is 52.0 Å². The van der Waals surface area contributed by atoms with Gasteiger partial charge in [-0.2, -0.15) is 5.26 Å². The molecule has 1 aliphatic rings. The van der Waals surface area contributed by atoms with E-state index in [4.69, 9.17) is 10.2 Å². The molecule has 202 valence electrons. The number of phenolic OH excluding ortho intramolecular Hbond substituents is 1. The third kappa shape index (κ3) is 5.55. The molecule has 0 bridgehead atoms. The van der Waals surface area contributed by atoms with Crippen molar-refractivity contribution in [1.82, 2.24) is 4.98 Å². The summed E-state index contributed by atoms with van der Waals surface area (Å²) in [6, 6.07) is 16.8. The SMILES string of the molecule is N#Cc1c(-c2cccc(NC(=O)[C@@H]3CCCC[C@@H]3N)c2)cc(-c2ccc(F)cc2O)nc1NC(=O)c1ccco1. The predicted molar refractivity (Wildman–Crippen MR) is 147 cm³/mol. The monoisotopic (exact) mass is 539 g/mol. The van der Waals surface area contributed by atoms with Gasteiger partial charge in [0, 0.05) is 28.9 Å². The van der Waals surface area contributed by atoms with E-state index in [1.165, 1.54) is 24.5 Å². The number of pyridine rings is 1. The number of amides is 2. The van der Waals surface area contributed by atoms with Crippen LogP contribution in [0.4, 0.5) is 15.9 Å². The smallest absolute Gasteiger partial charge is 0.292 e. The first kappa shape index (κ1) is 26.6. The number of rotatable bonds is 6. The number of aromatic nitrogens is 1. The van der Waals surface area contributed by atoms with E-state index in [1.54, 1.807) is 36.4 Å². The first-order chi connectivity index (χ1) is 19.3. The predicted octanol–water partition coefficient (Wildman–Crippen LogP) is 5.43. The molecule has 5 rings (SSSR count). The Morgan fingerprint density at radius 1 is 1.05 bits per heavy atom. The van der Waals surface area contributed by atoms with Gasteiger partial charge in [-0.15, -0.1) is 0 Å². The van der Waals surface area contributed by atoms with Crippen LogP contribution >= 0.6 is 0 Å². The summed E-state index contributed by atoms with van der Waals surface area (Å²) in [6.45, 7) is 0. The van der Waals surface area contributed by atoms with Crippen molar-refractivity contribution in [1.29, 1.82) is 5.26 Å². The largest absolute Gasteiger partial charge is 0.507 e. The second-order valence-corrected chi connectivity index (χ2v) is 9.61. The van der Waals surface area contributed by atoms with Gasteiger partial charge in [0.05, 0.1) is 17.9 Å².